The van der Waals surface area contributed by atoms with Gasteiger partial charge in [-0.15, -0.1) is 0 Å². The Labute approximate surface area is 131 Å². The van der Waals surface area contributed by atoms with Gasteiger partial charge in [-0.2, -0.15) is 0 Å². The van der Waals surface area contributed by atoms with Crippen LogP contribution in [0.15, 0.2) is 35.3 Å². The number of carboxylic acids is 1. The lowest BCUT2D eigenvalue weighted by Gasteiger charge is -2.12. The van der Waals surface area contributed by atoms with E-state index >= 15 is 0 Å². The summed E-state index contributed by atoms with van der Waals surface area (Å²) in [4.78, 5) is 25.8. The summed E-state index contributed by atoms with van der Waals surface area (Å²) in [5, 5.41) is 20.3. The molecule has 0 aliphatic heterocycles. The number of aromatic amines is 1. The van der Waals surface area contributed by atoms with E-state index in [0.29, 0.717) is 17.7 Å². The molecule has 0 saturated heterocycles. The summed E-state index contributed by atoms with van der Waals surface area (Å²) < 4.78 is 1.98. The number of fused-ring (bicyclic) bond motifs is 1. The SMILES string of the molecule is CCc1c(-c2ccc3c(ccn3C)c2)[nH]c(=O)c(C(=O)O)c1O. The van der Waals surface area contributed by atoms with Gasteiger partial charge in [0.15, 0.2) is 5.56 Å². The van der Waals surface area contributed by atoms with Crippen LogP contribution in [0.1, 0.15) is 22.8 Å². The van der Waals surface area contributed by atoms with Crippen molar-refractivity contribution < 1.29 is 15.0 Å². The van der Waals surface area contributed by atoms with Gasteiger partial charge in [0.1, 0.15) is 5.75 Å². The van der Waals surface area contributed by atoms with Crippen molar-refractivity contribution in [1.29, 1.82) is 0 Å². The minimum atomic E-state index is -1.44. The molecule has 118 valence electrons. The number of hydrogen-bond donors (Lipinski definition) is 3. The summed E-state index contributed by atoms with van der Waals surface area (Å²) in [6.07, 6.45) is 2.33. The molecule has 23 heavy (non-hydrogen) atoms. The average molecular weight is 312 g/mol. The molecule has 0 unspecified atom stereocenters. The van der Waals surface area contributed by atoms with Crippen LogP contribution in [0.4, 0.5) is 0 Å². The van der Waals surface area contributed by atoms with Crippen molar-refractivity contribution >= 4 is 16.9 Å². The third-order valence-corrected chi connectivity index (χ3v) is 4.03. The second-order valence-corrected chi connectivity index (χ2v) is 5.39. The first kappa shape index (κ1) is 14.9. The van der Waals surface area contributed by atoms with Crippen molar-refractivity contribution in [2.45, 2.75) is 13.3 Å². The van der Waals surface area contributed by atoms with Gasteiger partial charge in [0.25, 0.3) is 5.56 Å². The van der Waals surface area contributed by atoms with E-state index in [4.69, 9.17) is 5.11 Å². The summed E-state index contributed by atoms with van der Waals surface area (Å²) in [6, 6.07) is 7.62. The average Bonchev–Trinajstić information content (AvgIpc) is 2.87. The van der Waals surface area contributed by atoms with E-state index in [1.165, 1.54) is 0 Å². The molecule has 0 fully saturated rings. The van der Waals surface area contributed by atoms with E-state index in [9.17, 15) is 14.7 Å². The molecule has 2 aromatic heterocycles. The molecule has 0 spiro atoms. The van der Waals surface area contributed by atoms with Gasteiger partial charge in [-0.3, -0.25) is 4.79 Å². The summed E-state index contributed by atoms with van der Waals surface area (Å²) in [5.41, 5.74) is 1.20. The molecule has 6 nitrogen and oxygen atoms in total. The quantitative estimate of drug-likeness (QED) is 0.692. The highest BCUT2D eigenvalue weighted by Crippen LogP contribution is 2.31. The highest BCUT2D eigenvalue weighted by Gasteiger charge is 2.21. The fraction of sp³-hybridized carbons (Fsp3) is 0.176. The van der Waals surface area contributed by atoms with Crippen LogP contribution < -0.4 is 5.56 Å². The molecular weight excluding hydrogens is 296 g/mol. The first-order valence-electron chi connectivity index (χ1n) is 7.21. The molecule has 1 aromatic carbocycles. The number of carbonyl (C=O) groups is 1. The fourth-order valence-electron chi connectivity index (χ4n) is 2.85. The van der Waals surface area contributed by atoms with Gasteiger partial charge < -0.3 is 19.8 Å². The molecule has 0 aliphatic carbocycles. The summed E-state index contributed by atoms with van der Waals surface area (Å²) in [6.45, 7) is 1.80. The Kier molecular flexibility index (Phi) is 3.44. The third-order valence-electron chi connectivity index (χ3n) is 4.03. The molecule has 0 aliphatic rings. The molecule has 3 aromatic rings. The van der Waals surface area contributed by atoms with Crippen molar-refractivity contribution in [3.05, 3.63) is 51.9 Å². The van der Waals surface area contributed by atoms with Crippen molar-refractivity contribution in [3.8, 4) is 17.0 Å². The number of H-pyrrole nitrogens is 1. The largest absolute Gasteiger partial charge is 0.506 e. The zero-order valence-corrected chi connectivity index (χ0v) is 12.8. The van der Waals surface area contributed by atoms with E-state index in [0.717, 1.165) is 16.5 Å². The number of aryl methyl sites for hydroxylation is 1. The van der Waals surface area contributed by atoms with Crippen LogP contribution in [0.2, 0.25) is 0 Å². The molecule has 0 saturated carbocycles. The van der Waals surface area contributed by atoms with E-state index in [2.05, 4.69) is 4.98 Å². The van der Waals surface area contributed by atoms with Crippen LogP contribution >= 0.6 is 0 Å². The normalized spacial score (nSPS) is 11.0. The van der Waals surface area contributed by atoms with E-state index in [1.54, 1.807) is 6.92 Å². The van der Waals surface area contributed by atoms with Crippen LogP contribution in [-0.4, -0.2) is 25.7 Å². The van der Waals surface area contributed by atoms with Crippen LogP contribution in [0.3, 0.4) is 0 Å². The van der Waals surface area contributed by atoms with Crippen LogP contribution in [0.25, 0.3) is 22.2 Å². The maximum absolute atomic E-state index is 12.0. The van der Waals surface area contributed by atoms with Crippen molar-refractivity contribution in [1.82, 2.24) is 9.55 Å². The van der Waals surface area contributed by atoms with E-state index in [-0.39, 0.29) is 0 Å². The maximum Gasteiger partial charge on any atom is 0.345 e. The molecule has 3 N–H and O–H groups in total. The lowest BCUT2D eigenvalue weighted by Crippen LogP contribution is -2.20. The summed E-state index contributed by atoms with van der Waals surface area (Å²) in [5.74, 6) is -1.91. The standard InChI is InChI=1S/C17H16N2O4/c1-3-11-14(18-16(21)13(15(11)20)17(22)23)10-4-5-12-9(8-10)6-7-19(12)2/h4-8H,3H2,1-2H3,(H,22,23)(H2,18,20,21). The number of aromatic hydroxyl groups is 1. The van der Waals surface area contributed by atoms with E-state index < -0.39 is 22.8 Å². The van der Waals surface area contributed by atoms with Gasteiger partial charge in [-0.05, 0) is 30.2 Å². The number of aromatic nitrogens is 2. The smallest absolute Gasteiger partial charge is 0.345 e. The Morgan fingerprint density at radius 1 is 1.30 bits per heavy atom. The second kappa shape index (κ2) is 5.31. The Hall–Kier alpha value is -3.02. The van der Waals surface area contributed by atoms with Gasteiger partial charge in [0.05, 0.1) is 5.69 Å². The number of aromatic carboxylic acids is 1. The number of nitrogens with zero attached hydrogens (tertiary/aromatic N) is 1. The number of nitrogens with one attached hydrogen (secondary N) is 1. The number of carboxylic acid groups (broad SMARTS) is 1. The molecule has 0 amide bonds. The summed E-state index contributed by atoms with van der Waals surface area (Å²) in [7, 11) is 1.94. The molecule has 6 heteroatoms. The van der Waals surface area contributed by atoms with Gasteiger partial charge in [-0.1, -0.05) is 13.0 Å². The van der Waals surface area contributed by atoms with Crippen molar-refractivity contribution in [2.24, 2.45) is 7.05 Å². The number of benzene rings is 1. The first-order valence-corrected chi connectivity index (χ1v) is 7.21. The molecular formula is C17H16N2O4. The molecule has 2 heterocycles. The van der Waals surface area contributed by atoms with Gasteiger partial charge in [-0.25, -0.2) is 4.79 Å². The monoisotopic (exact) mass is 312 g/mol. The molecule has 0 bridgehead atoms. The zero-order valence-electron chi connectivity index (χ0n) is 12.8. The second-order valence-electron chi connectivity index (χ2n) is 5.39. The summed E-state index contributed by atoms with van der Waals surface area (Å²) >= 11 is 0. The highest BCUT2D eigenvalue weighted by molar-refractivity contribution is 5.92. The lowest BCUT2D eigenvalue weighted by atomic mass is 9.99. The Bertz CT molecular complexity index is 982. The Balaban J connectivity index is 2.29. The zero-order chi connectivity index (χ0) is 16.7. The number of pyridine rings is 1. The first-order chi connectivity index (χ1) is 10.9. The maximum atomic E-state index is 12.0. The van der Waals surface area contributed by atoms with Gasteiger partial charge in [0.2, 0.25) is 0 Å². The fourth-order valence-corrected chi connectivity index (χ4v) is 2.85. The minimum absolute atomic E-state index is 0.394. The third kappa shape index (κ3) is 2.28. The molecule has 0 atom stereocenters. The number of hydrogen-bond acceptors (Lipinski definition) is 3. The number of rotatable bonds is 3. The van der Waals surface area contributed by atoms with Gasteiger partial charge >= 0.3 is 5.97 Å². The van der Waals surface area contributed by atoms with Crippen molar-refractivity contribution in [3.63, 3.8) is 0 Å². The lowest BCUT2D eigenvalue weighted by molar-refractivity contribution is 0.0691. The van der Waals surface area contributed by atoms with Crippen LogP contribution in [0, 0.1) is 0 Å². The molecule has 3 rings (SSSR count). The Morgan fingerprint density at radius 2 is 2.04 bits per heavy atom. The molecule has 0 radical (unpaired) electrons. The Morgan fingerprint density at radius 3 is 2.70 bits per heavy atom. The van der Waals surface area contributed by atoms with Gasteiger partial charge in [0, 0.05) is 29.7 Å². The highest BCUT2D eigenvalue weighted by atomic mass is 16.4. The predicted octanol–water partition coefficient (Wildman–Crippen LogP) is 2.50. The van der Waals surface area contributed by atoms with E-state index in [1.807, 2.05) is 42.1 Å². The van der Waals surface area contributed by atoms with Crippen LogP contribution in [0.5, 0.6) is 5.75 Å². The predicted molar refractivity (Wildman–Crippen MR) is 87.0 cm³/mol. The topological polar surface area (TPSA) is 95.3 Å². The minimum Gasteiger partial charge on any atom is -0.506 e. The van der Waals surface area contributed by atoms with Crippen LogP contribution in [-0.2, 0) is 13.5 Å². The van der Waals surface area contributed by atoms with Crippen molar-refractivity contribution in [2.75, 3.05) is 0 Å².